The number of benzene rings is 3. The molecule has 3 rings (SSSR count). The zero-order valence-electron chi connectivity index (χ0n) is 13.7. The molecule has 0 amide bonds. The van der Waals surface area contributed by atoms with Gasteiger partial charge in [0.05, 0.1) is 0 Å². The Labute approximate surface area is 138 Å². The van der Waals surface area contributed by atoms with Gasteiger partial charge in [-0.2, -0.15) is 0 Å². The number of nitrogens with zero attached hydrogens (tertiary/aromatic N) is 1. The predicted molar refractivity (Wildman–Crippen MR) is 100.0 cm³/mol. The van der Waals surface area contributed by atoms with Crippen LogP contribution in [-0.2, 0) is 0 Å². The first-order valence-corrected chi connectivity index (χ1v) is 7.83. The Hall–Kier alpha value is -2.80. The SMILES string of the molecule is C=C(c1ccc(C)cc1)N(c1ccccc1)c1ccccc1C. The molecule has 0 aliphatic carbocycles. The highest BCUT2D eigenvalue weighted by Crippen LogP contribution is 2.35. The molecule has 0 atom stereocenters. The van der Waals surface area contributed by atoms with Gasteiger partial charge in [0.15, 0.2) is 0 Å². The molecule has 0 N–H and O–H groups in total. The highest BCUT2D eigenvalue weighted by molar-refractivity contribution is 5.87. The van der Waals surface area contributed by atoms with Gasteiger partial charge in [-0.05, 0) is 43.2 Å². The average Bonchev–Trinajstić information content (AvgIpc) is 2.58. The summed E-state index contributed by atoms with van der Waals surface area (Å²) >= 11 is 0. The van der Waals surface area contributed by atoms with E-state index >= 15 is 0 Å². The summed E-state index contributed by atoms with van der Waals surface area (Å²) in [5.41, 5.74) is 6.86. The maximum Gasteiger partial charge on any atom is 0.0490 e. The summed E-state index contributed by atoms with van der Waals surface area (Å²) in [4.78, 5) is 2.22. The van der Waals surface area contributed by atoms with Crippen LogP contribution in [0.4, 0.5) is 11.4 Å². The maximum atomic E-state index is 4.37. The lowest BCUT2D eigenvalue weighted by Gasteiger charge is -2.28. The van der Waals surface area contributed by atoms with Gasteiger partial charge in [-0.25, -0.2) is 0 Å². The molecule has 3 aromatic rings. The molecular formula is C22H21N. The zero-order chi connectivity index (χ0) is 16.2. The van der Waals surface area contributed by atoms with Gasteiger partial charge < -0.3 is 4.90 Å². The van der Waals surface area contributed by atoms with E-state index in [1.54, 1.807) is 0 Å². The van der Waals surface area contributed by atoms with Crippen molar-refractivity contribution in [3.63, 3.8) is 0 Å². The van der Waals surface area contributed by atoms with E-state index in [-0.39, 0.29) is 0 Å². The molecule has 1 heteroatoms. The Bertz CT molecular complexity index is 801. The number of rotatable bonds is 4. The monoisotopic (exact) mass is 299 g/mol. The highest BCUT2D eigenvalue weighted by atomic mass is 15.1. The largest absolute Gasteiger partial charge is 0.310 e. The van der Waals surface area contributed by atoms with Crippen LogP contribution in [0.5, 0.6) is 0 Å². The maximum absolute atomic E-state index is 4.37. The molecule has 0 saturated carbocycles. The van der Waals surface area contributed by atoms with E-state index in [2.05, 4.69) is 98.1 Å². The molecule has 0 saturated heterocycles. The lowest BCUT2D eigenvalue weighted by atomic mass is 10.1. The molecule has 1 nitrogen and oxygen atoms in total. The lowest BCUT2D eigenvalue weighted by molar-refractivity contribution is 1.26. The van der Waals surface area contributed by atoms with Crippen LogP contribution in [0.1, 0.15) is 16.7 Å². The minimum Gasteiger partial charge on any atom is -0.310 e. The minimum absolute atomic E-state index is 0.977. The van der Waals surface area contributed by atoms with Crippen LogP contribution in [0.3, 0.4) is 0 Å². The summed E-state index contributed by atoms with van der Waals surface area (Å²) in [6, 6.07) is 27.3. The summed E-state index contributed by atoms with van der Waals surface area (Å²) in [5.74, 6) is 0. The third-order valence-corrected chi connectivity index (χ3v) is 4.03. The fourth-order valence-electron chi connectivity index (χ4n) is 2.71. The molecule has 0 bridgehead atoms. The van der Waals surface area contributed by atoms with Crippen LogP contribution >= 0.6 is 0 Å². The second kappa shape index (κ2) is 6.53. The van der Waals surface area contributed by atoms with Gasteiger partial charge in [0, 0.05) is 17.1 Å². The van der Waals surface area contributed by atoms with Crippen molar-refractivity contribution in [2.24, 2.45) is 0 Å². The van der Waals surface area contributed by atoms with E-state index in [1.165, 1.54) is 11.1 Å². The van der Waals surface area contributed by atoms with Crippen molar-refractivity contribution in [3.05, 3.63) is 102 Å². The third kappa shape index (κ3) is 3.19. The van der Waals surface area contributed by atoms with Gasteiger partial charge in [-0.1, -0.05) is 72.8 Å². The molecule has 3 aromatic carbocycles. The van der Waals surface area contributed by atoms with E-state index in [9.17, 15) is 0 Å². The van der Waals surface area contributed by atoms with Crippen molar-refractivity contribution in [1.29, 1.82) is 0 Å². The first-order chi connectivity index (χ1) is 11.2. The Morgan fingerprint density at radius 2 is 1.35 bits per heavy atom. The number of anilines is 2. The smallest absolute Gasteiger partial charge is 0.0490 e. The van der Waals surface area contributed by atoms with Crippen molar-refractivity contribution in [2.45, 2.75) is 13.8 Å². The van der Waals surface area contributed by atoms with E-state index in [4.69, 9.17) is 0 Å². The summed E-state index contributed by atoms with van der Waals surface area (Å²) in [7, 11) is 0. The van der Waals surface area contributed by atoms with E-state index in [0.717, 1.165) is 22.6 Å². The molecule has 23 heavy (non-hydrogen) atoms. The molecular weight excluding hydrogens is 278 g/mol. The molecule has 0 radical (unpaired) electrons. The normalized spacial score (nSPS) is 10.3. The molecule has 0 fully saturated rings. The fourth-order valence-corrected chi connectivity index (χ4v) is 2.71. The Balaban J connectivity index is 2.11. The van der Waals surface area contributed by atoms with Gasteiger partial charge in [-0.3, -0.25) is 0 Å². The van der Waals surface area contributed by atoms with Gasteiger partial charge in [0.2, 0.25) is 0 Å². The van der Waals surface area contributed by atoms with Crippen molar-refractivity contribution in [2.75, 3.05) is 4.90 Å². The van der Waals surface area contributed by atoms with Gasteiger partial charge in [0.1, 0.15) is 0 Å². The third-order valence-electron chi connectivity index (χ3n) is 4.03. The lowest BCUT2D eigenvalue weighted by Crippen LogP contribution is -2.15. The predicted octanol–water partition coefficient (Wildman–Crippen LogP) is 6.11. The van der Waals surface area contributed by atoms with Crippen LogP contribution in [0.2, 0.25) is 0 Å². The first-order valence-electron chi connectivity index (χ1n) is 7.83. The van der Waals surface area contributed by atoms with Crippen molar-refractivity contribution in [1.82, 2.24) is 0 Å². The van der Waals surface area contributed by atoms with Crippen LogP contribution in [0.15, 0.2) is 85.4 Å². The van der Waals surface area contributed by atoms with Gasteiger partial charge in [-0.15, -0.1) is 0 Å². The summed E-state index contributed by atoms with van der Waals surface area (Å²) < 4.78 is 0. The summed E-state index contributed by atoms with van der Waals surface area (Å²) in [6.07, 6.45) is 0. The van der Waals surface area contributed by atoms with Crippen LogP contribution < -0.4 is 4.90 Å². The van der Waals surface area contributed by atoms with Crippen LogP contribution in [-0.4, -0.2) is 0 Å². The van der Waals surface area contributed by atoms with E-state index < -0.39 is 0 Å². The second-order valence-electron chi connectivity index (χ2n) is 5.77. The molecule has 0 unspecified atom stereocenters. The van der Waals surface area contributed by atoms with Crippen molar-refractivity contribution in [3.8, 4) is 0 Å². The first kappa shape index (κ1) is 15.1. The summed E-state index contributed by atoms with van der Waals surface area (Å²) in [6.45, 7) is 8.61. The van der Waals surface area contributed by atoms with E-state index in [1.807, 2.05) is 6.07 Å². The van der Waals surface area contributed by atoms with Crippen molar-refractivity contribution < 1.29 is 0 Å². The molecule has 0 aliphatic heterocycles. The van der Waals surface area contributed by atoms with Crippen molar-refractivity contribution >= 4 is 17.1 Å². The highest BCUT2D eigenvalue weighted by Gasteiger charge is 2.15. The van der Waals surface area contributed by atoms with Gasteiger partial charge >= 0.3 is 0 Å². The molecule has 0 spiro atoms. The Morgan fingerprint density at radius 3 is 2.00 bits per heavy atom. The number of hydrogen-bond acceptors (Lipinski definition) is 1. The molecule has 0 aliphatic rings. The number of aryl methyl sites for hydroxylation is 2. The average molecular weight is 299 g/mol. The van der Waals surface area contributed by atoms with Crippen LogP contribution in [0, 0.1) is 13.8 Å². The topological polar surface area (TPSA) is 3.24 Å². The quantitative estimate of drug-likeness (QED) is 0.561. The Morgan fingerprint density at radius 1 is 0.739 bits per heavy atom. The molecule has 0 heterocycles. The zero-order valence-corrected chi connectivity index (χ0v) is 13.7. The van der Waals surface area contributed by atoms with E-state index in [0.29, 0.717) is 0 Å². The summed E-state index contributed by atoms with van der Waals surface area (Å²) in [5, 5.41) is 0. The minimum atomic E-state index is 0.977. The number of para-hydroxylation sites is 2. The molecule has 114 valence electrons. The van der Waals surface area contributed by atoms with Crippen LogP contribution in [0.25, 0.3) is 5.70 Å². The molecule has 0 aromatic heterocycles. The number of hydrogen-bond donors (Lipinski definition) is 0. The second-order valence-corrected chi connectivity index (χ2v) is 5.77. The Kier molecular flexibility index (Phi) is 4.29. The standard InChI is InChI=1S/C22H21N/c1-17-13-15-20(16-14-17)19(3)23(21-10-5-4-6-11-21)22-12-8-7-9-18(22)2/h4-16H,3H2,1-2H3. The van der Waals surface area contributed by atoms with Gasteiger partial charge in [0.25, 0.3) is 0 Å². The fraction of sp³-hybridized carbons (Fsp3) is 0.0909.